The fraction of sp³-hybridized carbons (Fsp3) is 0. The highest BCUT2D eigenvalue weighted by molar-refractivity contribution is 5.99. The molecule has 0 bridgehead atoms. The van der Waals surface area contributed by atoms with Crippen LogP contribution in [-0.2, 0) is 0 Å². The summed E-state index contributed by atoms with van der Waals surface area (Å²) < 4.78 is 11.5. The zero-order valence-electron chi connectivity index (χ0n) is 13.7. The van der Waals surface area contributed by atoms with Crippen LogP contribution in [0.5, 0.6) is 0 Å². The maximum Gasteiger partial charge on any atom is 0.135 e. The first-order chi connectivity index (χ1) is 12.5. The third-order valence-electron chi connectivity index (χ3n) is 4.11. The average Bonchev–Trinajstić information content (AvgIpc) is 3.21. The van der Waals surface area contributed by atoms with Crippen LogP contribution in [0.2, 0.25) is 0 Å². The Morgan fingerprint density at radius 2 is 1.27 bits per heavy atom. The fourth-order valence-corrected chi connectivity index (χ4v) is 2.78. The molecule has 0 atom stereocenters. The molecule has 0 saturated heterocycles. The van der Waals surface area contributed by atoms with Crippen molar-refractivity contribution in [2.75, 3.05) is 0 Å². The molecule has 6 N–H and O–H groups in total. The van der Waals surface area contributed by atoms with E-state index in [1.54, 1.807) is 24.3 Å². The van der Waals surface area contributed by atoms with Gasteiger partial charge in [0, 0.05) is 21.9 Å². The molecule has 4 aromatic rings. The lowest BCUT2D eigenvalue weighted by atomic mass is 10.1. The van der Waals surface area contributed by atoms with Gasteiger partial charge in [-0.15, -0.1) is 0 Å². The molecule has 0 aliphatic rings. The second-order valence-electron chi connectivity index (χ2n) is 5.96. The summed E-state index contributed by atoms with van der Waals surface area (Å²) in [7, 11) is 0. The number of fused-ring (bicyclic) bond motifs is 2. The van der Waals surface area contributed by atoms with Gasteiger partial charge in [0.1, 0.15) is 34.4 Å². The SMILES string of the molecule is N=C(N)c1ccc2oc(/C=C/c3cc4ccc(C(=N)N)cc4o3)cc2c1. The third-order valence-corrected chi connectivity index (χ3v) is 4.11. The van der Waals surface area contributed by atoms with Gasteiger partial charge in [-0.1, -0.05) is 12.1 Å². The van der Waals surface area contributed by atoms with Crippen molar-refractivity contribution in [2.24, 2.45) is 11.5 Å². The molecule has 2 aromatic heterocycles. The van der Waals surface area contributed by atoms with Gasteiger partial charge in [-0.3, -0.25) is 10.8 Å². The predicted octanol–water partition coefficient (Wildman–Crippen LogP) is 3.92. The Balaban J connectivity index is 1.65. The number of rotatable bonds is 4. The number of furan rings is 2. The van der Waals surface area contributed by atoms with Crippen molar-refractivity contribution in [3.63, 3.8) is 0 Å². The number of nitrogens with one attached hydrogen (secondary N) is 2. The van der Waals surface area contributed by atoms with Crippen LogP contribution in [0.1, 0.15) is 22.6 Å². The standard InChI is InChI=1S/C20H16N4O2/c21-19(22)12-3-6-17-14(7-12)9-16(25-17)5-4-15-8-11-1-2-13(20(23)24)10-18(11)26-15/h1-10H,(H3,21,22)(H3,23,24)/b5-4+. The van der Waals surface area contributed by atoms with Crippen molar-refractivity contribution in [1.29, 1.82) is 10.8 Å². The summed E-state index contributed by atoms with van der Waals surface area (Å²) in [4.78, 5) is 0. The number of nitrogen functional groups attached to an aromatic ring is 2. The smallest absolute Gasteiger partial charge is 0.135 e. The number of hydrogen-bond donors (Lipinski definition) is 4. The van der Waals surface area contributed by atoms with E-state index < -0.39 is 0 Å². The number of nitrogens with two attached hydrogens (primary N) is 2. The fourth-order valence-electron chi connectivity index (χ4n) is 2.78. The molecule has 128 valence electrons. The molecule has 0 unspecified atom stereocenters. The van der Waals surface area contributed by atoms with Crippen LogP contribution in [0.3, 0.4) is 0 Å². The Kier molecular flexibility index (Phi) is 3.58. The Bertz CT molecular complexity index is 1100. The third kappa shape index (κ3) is 2.84. The molecule has 4 rings (SSSR count). The van der Waals surface area contributed by atoms with Crippen molar-refractivity contribution in [3.8, 4) is 0 Å². The first kappa shape index (κ1) is 15.7. The second-order valence-corrected chi connectivity index (χ2v) is 5.96. The van der Waals surface area contributed by atoms with Crippen LogP contribution >= 0.6 is 0 Å². The number of hydrogen-bond acceptors (Lipinski definition) is 4. The van der Waals surface area contributed by atoms with Crippen molar-refractivity contribution < 1.29 is 8.83 Å². The normalized spacial score (nSPS) is 11.5. The zero-order chi connectivity index (χ0) is 18.3. The van der Waals surface area contributed by atoms with Crippen LogP contribution in [0.25, 0.3) is 34.1 Å². The lowest BCUT2D eigenvalue weighted by molar-refractivity contribution is 0.599. The van der Waals surface area contributed by atoms with E-state index in [1.165, 1.54) is 0 Å². The maximum atomic E-state index is 7.50. The summed E-state index contributed by atoms with van der Waals surface area (Å²) in [5, 5.41) is 16.8. The molecule has 0 aliphatic carbocycles. The van der Waals surface area contributed by atoms with Gasteiger partial charge in [-0.05, 0) is 48.6 Å². The van der Waals surface area contributed by atoms with Crippen LogP contribution in [0.15, 0.2) is 57.4 Å². The van der Waals surface area contributed by atoms with Crippen LogP contribution < -0.4 is 11.5 Å². The van der Waals surface area contributed by atoms with Gasteiger partial charge in [-0.2, -0.15) is 0 Å². The van der Waals surface area contributed by atoms with Crippen molar-refractivity contribution in [3.05, 3.63) is 71.2 Å². The minimum Gasteiger partial charge on any atom is -0.457 e. The number of benzene rings is 2. The summed E-state index contributed by atoms with van der Waals surface area (Å²) in [5.41, 5.74) is 13.7. The highest BCUT2D eigenvalue weighted by Crippen LogP contribution is 2.25. The zero-order valence-corrected chi connectivity index (χ0v) is 13.7. The summed E-state index contributed by atoms with van der Waals surface area (Å²) in [6.45, 7) is 0. The molecule has 0 amide bonds. The minimum atomic E-state index is 0.00704. The molecular formula is C20H16N4O2. The van der Waals surface area contributed by atoms with Crippen molar-refractivity contribution in [2.45, 2.75) is 0 Å². The van der Waals surface area contributed by atoms with E-state index in [1.807, 2.05) is 36.4 Å². The van der Waals surface area contributed by atoms with Crippen LogP contribution in [0, 0.1) is 10.8 Å². The van der Waals surface area contributed by atoms with Gasteiger partial charge in [0.2, 0.25) is 0 Å². The van der Waals surface area contributed by atoms with Gasteiger partial charge in [0.25, 0.3) is 0 Å². The molecule has 0 fully saturated rings. The molecule has 6 heteroatoms. The van der Waals surface area contributed by atoms with Gasteiger partial charge < -0.3 is 20.3 Å². The quantitative estimate of drug-likeness (QED) is 0.330. The monoisotopic (exact) mass is 344 g/mol. The van der Waals surface area contributed by atoms with E-state index in [4.69, 9.17) is 31.1 Å². The Labute approximate surface area is 148 Å². The molecule has 0 spiro atoms. The molecule has 0 saturated carbocycles. The lowest BCUT2D eigenvalue weighted by Crippen LogP contribution is -2.10. The summed E-state index contributed by atoms with van der Waals surface area (Å²) in [5.74, 6) is 1.38. The Morgan fingerprint density at radius 3 is 1.96 bits per heavy atom. The van der Waals surface area contributed by atoms with Gasteiger partial charge in [-0.25, -0.2) is 0 Å². The Hall–Kier alpha value is -3.80. The van der Waals surface area contributed by atoms with Crippen molar-refractivity contribution >= 4 is 45.8 Å². The van der Waals surface area contributed by atoms with E-state index >= 15 is 0 Å². The van der Waals surface area contributed by atoms with Crippen molar-refractivity contribution in [1.82, 2.24) is 0 Å². The first-order valence-corrected chi connectivity index (χ1v) is 7.94. The first-order valence-electron chi connectivity index (χ1n) is 7.94. The second kappa shape index (κ2) is 5.93. The molecular weight excluding hydrogens is 328 g/mol. The largest absolute Gasteiger partial charge is 0.457 e. The highest BCUT2D eigenvalue weighted by atomic mass is 16.3. The van der Waals surface area contributed by atoms with E-state index in [9.17, 15) is 0 Å². The van der Waals surface area contributed by atoms with Gasteiger partial charge >= 0.3 is 0 Å². The van der Waals surface area contributed by atoms with E-state index in [0.29, 0.717) is 28.2 Å². The molecule has 26 heavy (non-hydrogen) atoms. The summed E-state index contributed by atoms with van der Waals surface area (Å²) >= 11 is 0. The predicted molar refractivity (Wildman–Crippen MR) is 103 cm³/mol. The summed E-state index contributed by atoms with van der Waals surface area (Å²) in [6.07, 6.45) is 3.63. The van der Waals surface area contributed by atoms with E-state index in [-0.39, 0.29) is 11.7 Å². The maximum absolute atomic E-state index is 7.50. The van der Waals surface area contributed by atoms with Crippen LogP contribution in [0.4, 0.5) is 0 Å². The number of amidine groups is 2. The molecule has 0 radical (unpaired) electrons. The summed E-state index contributed by atoms with van der Waals surface area (Å²) in [6, 6.07) is 14.6. The average molecular weight is 344 g/mol. The molecule has 2 aromatic carbocycles. The Morgan fingerprint density at radius 1 is 0.692 bits per heavy atom. The highest BCUT2D eigenvalue weighted by Gasteiger charge is 2.06. The topological polar surface area (TPSA) is 126 Å². The molecule has 2 heterocycles. The van der Waals surface area contributed by atoms with Gasteiger partial charge in [0.15, 0.2) is 0 Å². The molecule has 6 nitrogen and oxygen atoms in total. The minimum absolute atomic E-state index is 0.00704. The van der Waals surface area contributed by atoms with Gasteiger partial charge in [0.05, 0.1) is 0 Å². The lowest BCUT2D eigenvalue weighted by Gasteiger charge is -1.96. The van der Waals surface area contributed by atoms with E-state index in [2.05, 4.69) is 0 Å². The van der Waals surface area contributed by atoms with Crippen LogP contribution in [-0.4, -0.2) is 11.7 Å². The van der Waals surface area contributed by atoms with E-state index in [0.717, 1.165) is 16.4 Å². The molecule has 0 aliphatic heterocycles.